The molecule has 0 bridgehead atoms. The number of ether oxygens (including phenoxy) is 2. The van der Waals surface area contributed by atoms with Crippen molar-refractivity contribution >= 4 is 51.0 Å². The molecule has 4 aromatic carbocycles. The lowest BCUT2D eigenvalue weighted by molar-refractivity contribution is 0.0589. The minimum atomic E-state index is -0.444. The molecule has 0 unspecified atom stereocenters. The molecule has 11 nitrogen and oxygen atoms in total. The number of thioether (sulfide) groups is 1. The van der Waals surface area contributed by atoms with E-state index in [1.807, 2.05) is 60.6 Å². The highest BCUT2D eigenvalue weighted by Crippen LogP contribution is 2.47. The van der Waals surface area contributed by atoms with Crippen molar-refractivity contribution in [2.24, 2.45) is 14.1 Å². The fourth-order valence-corrected chi connectivity index (χ4v) is 10.1. The predicted octanol–water partition coefficient (Wildman–Crippen LogP) is 9.28. The van der Waals surface area contributed by atoms with Gasteiger partial charge < -0.3 is 24.3 Å². The van der Waals surface area contributed by atoms with Crippen LogP contribution in [0.15, 0.2) is 77.7 Å². The molecule has 0 radical (unpaired) electrons. The van der Waals surface area contributed by atoms with E-state index in [2.05, 4.69) is 27.8 Å². The van der Waals surface area contributed by atoms with Crippen LogP contribution in [0.1, 0.15) is 69.7 Å². The molecular weight excluding hydrogens is 803 g/mol. The Labute approximate surface area is 357 Å². The third-order valence-corrected chi connectivity index (χ3v) is 12.9. The van der Waals surface area contributed by atoms with E-state index in [0.717, 1.165) is 86.0 Å². The summed E-state index contributed by atoms with van der Waals surface area (Å²) in [4.78, 5) is 16.6. The summed E-state index contributed by atoms with van der Waals surface area (Å²) in [5, 5.41) is 33.3. The topological polar surface area (TPSA) is 120 Å². The Balaban J connectivity index is 1.19. The number of nitrogens with zero attached hydrogens (tertiary/aromatic N) is 6. The Morgan fingerprint density at radius 1 is 1.00 bits per heavy atom. The van der Waals surface area contributed by atoms with Crippen molar-refractivity contribution in [3.05, 3.63) is 123 Å². The van der Waals surface area contributed by atoms with Crippen LogP contribution in [0, 0.1) is 12.7 Å². The first kappa shape index (κ1) is 41.4. The summed E-state index contributed by atoms with van der Waals surface area (Å²) in [5.41, 5.74) is 8.74. The van der Waals surface area contributed by atoms with Crippen molar-refractivity contribution < 1.29 is 28.9 Å². The van der Waals surface area contributed by atoms with Crippen molar-refractivity contribution in [2.75, 3.05) is 20.8 Å². The molecule has 14 heteroatoms. The van der Waals surface area contributed by atoms with Gasteiger partial charge in [-0.25, -0.2) is 9.18 Å². The van der Waals surface area contributed by atoms with Crippen molar-refractivity contribution in [2.45, 2.75) is 68.9 Å². The maximum atomic E-state index is 14.1. The van der Waals surface area contributed by atoms with Crippen LogP contribution in [-0.2, 0) is 50.6 Å². The second-order valence-electron chi connectivity index (χ2n) is 15.4. The number of hydrogen-bond donors (Lipinski definition) is 2. The van der Waals surface area contributed by atoms with Gasteiger partial charge in [-0.1, -0.05) is 29.8 Å². The number of esters is 1. The van der Waals surface area contributed by atoms with E-state index in [4.69, 9.17) is 31.3 Å². The third kappa shape index (κ3) is 7.87. The van der Waals surface area contributed by atoms with E-state index in [1.165, 1.54) is 19.2 Å². The lowest BCUT2D eigenvalue weighted by Gasteiger charge is -2.35. The van der Waals surface area contributed by atoms with Gasteiger partial charge in [0.25, 0.3) is 0 Å². The van der Waals surface area contributed by atoms with Crippen LogP contribution in [0.4, 0.5) is 4.39 Å². The molecule has 3 aromatic heterocycles. The first-order chi connectivity index (χ1) is 29.0. The van der Waals surface area contributed by atoms with Gasteiger partial charge in [0.05, 0.1) is 47.9 Å². The van der Waals surface area contributed by atoms with Crippen molar-refractivity contribution in [3.63, 3.8) is 0 Å². The number of carbonyl (C=O) groups excluding carboxylic acids is 1. The molecule has 2 N–H and O–H groups in total. The zero-order valence-corrected chi connectivity index (χ0v) is 35.9. The normalized spacial score (nSPS) is 14.1. The lowest BCUT2D eigenvalue weighted by atomic mass is 9.92. The molecule has 60 heavy (non-hydrogen) atoms. The smallest absolute Gasteiger partial charge is 0.354 e. The average Bonchev–Trinajstić information content (AvgIpc) is 3.87. The number of aliphatic hydroxyl groups is 1. The maximum Gasteiger partial charge on any atom is 0.354 e. The molecule has 8 rings (SSSR count). The Morgan fingerprint density at radius 2 is 1.78 bits per heavy atom. The van der Waals surface area contributed by atoms with E-state index in [1.54, 1.807) is 31.0 Å². The fourth-order valence-electron chi connectivity index (χ4n) is 8.82. The molecule has 0 saturated carbocycles. The highest BCUT2D eigenvalue weighted by molar-refractivity contribution is 7.98. The number of halogens is 2. The quantitative estimate of drug-likeness (QED) is 0.0816. The van der Waals surface area contributed by atoms with E-state index in [0.29, 0.717) is 53.2 Å². The molecule has 0 saturated heterocycles. The van der Waals surface area contributed by atoms with Gasteiger partial charge in [0.2, 0.25) is 0 Å². The number of phenols is 1. The second-order valence-corrected chi connectivity index (χ2v) is 16.8. The standard InChI is InChI=1S/C46H48ClFN6O5S/c1-27-41(42-38(47)17-16-37-36(8-7-19-55)44(46(57)59-5)51(2)43(37)42)45-39(9-6-18-54(45)49-27)53(24-28-10-13-33(58-4)14-11-28)25-31-22-32(52(3)50-31)26-60-34-21-29-20-30(48)12-15-35(29)40(56)23-34/h10-17,20-23,39,55-56H,6-9,18-19,24-26H2,1-5H3/t39-/m1/s1. The highest BCUT2D eigenvalue weighted by atomic mass is 35.5. The lowest BCUT2D eigenvalue weighted by Crippen LogP contribution is -2.33. The minimum Gasteiger partial charge on any atom is -0.507 e. The van der Waals surface area contributed by atoms with E-state index in [-0.39, 0.29) is 24.2 Å². The zero-order valence-electron chi connectivity index (χ0n) is 34.3. The van der Waals surface area contributed by atoms with Gasteiger partial charge in [-0.05, 0) is 104 Å². The van der Waals surface area contributed by atoms with Crippen LogP contribution in [0.25, 0.3) is 32.8 Å². The number of aromatic hydroxyl groups is 1. The summed E-state index contributed by atoms with van der Waals surface area (Å²) in [6, 6.07) is 22.0. The van der Waals surface area contributed by atoms with Gasteiger partial charge in [-0.2, -0.15) is 10.2 Å². The zero-order chi connectivity index (χ0) is 42.2. The molecule has 0 spiro atoms. The number of carbonyl (C=O) groups is 1. The SMILES string of the molecule is COC(=O)c1c(CCCO)c2ccc(Cl)c(-c3c(C)nn4c3[C@H](N(Cc3ccc(OC)cc3)Cc3cc(CSc5cc(O)c6ccc(F)cc6c5)n(C)n3)CCC4)c2n1C. The van der Waals surface area contributed by atoms with Crippen LogP contribution < -0.4 is 4.74 Å². The Morgan fingerprint density at radius 3 is 2.53 bits per heavy atom. The van der Waals surface area contributed by atoms with Crippen LogP contribution in [0.2, 0.25) is 5.02 Å². The number of methoxy groups -OCH3 is 2. The number of aromatic nitrogens is 5. The summed E-state index contributed by atoms with van der Waals surface area (Å²) in [5.74, 6) is 0.700. The predicted molar refractivity (Wildman–Crippen MR) is 233 cm³/mol. The molecule has 1 atom stereocenters. The number of aliphatic hydroxyl groups excluding tert-OH is 1. The molecule has 4 heterocycles. The Hall–Kier alpha value is -5.34. The van der Waals surface area contributed by atoms with Crippen LogP contribution >= 0.6 is 23.4 Å². The summed E-state index contributed by atoms with van der Waals surface area (Å²) in [6.07, 6.45) is 2.78. The van der Waals surface area contributed by atoms with Gasteiger partial charge >= 0.3 is 5.97 Å². The van der Waals surface area contributed by atoms with Crippen LogP contribution in [0.3, 0.4) is 0 Å². The minimum absolute atomic E-state index is 0.00685. The number of benzene rings is 4. The molecule has 0 amide bonds. The van der Waals surface area contributed by atoms with Gasteiger partial charge in [0.15, 0.2) is 0 Å². The first-order valence-electron chi connectivity index (χ1n) is 20.0. The molecule has 312 valence electrons. The Bertz CT molecular complexity index is 2730. The summed E-state index contributed by atoms with van der Waals surface area (Å²) in [7, 11) is 6.86. The number of rotatable bonds is 14. The summed E-state index contributed by atoms with van der Waals surface area (Å²) < 4.78 is 30.7. The molecule has 1 aliphatic rings. The maximum absolute atomic E-state index is 14.1. The van der Waals surface area contributed by atoms with Crippen LogP contribution in [0.5, 0.6) is 11.5 Å². The largest absolute Gasteiger partial charge is 0.507 e. The van der Waals surface area contributed by atoms with Crippen molar-refractivity contribution in [1.82, 2.24) is 29.0 Å². The molecule has 0 aliphatic carbocycles. The summed E-state index contributed by atoms with van der Waals surface area (Å²) >= 11 is 8.80. The number of aryl methyl sites for hydroxylation is 5. The van der Waals surface area contributed by atoms with E-state index < -0.39 is 5.97 Å². The van der Waals surface area contributed by atoms with Gasteiger partial charge in [-0.15, -0.1) is 11.8 Å². The third-order valence-electron chi connectivity index (χ3n) is 11.6. The number of fused-ring (bicyclic) bond motifs is 3. The molecule has 7 aromatic rings. The Kier molecular flexibility index (Phi) is 12.0. The molecule has 0 fully saturated rings. The van der Waals surface area contributed by atoms with E-state index >= 15 is 0 Å². The van der Waals surface area contributed by atoms with Gasteiger partial charge in [0.1, 0.15) is 23.0 Å². The first-order valence-corrected chi connectivity index (χ1v) is 21.4. The number of phenolic OH excluding ortho intramolecular Hbond substituents is 1. The number of hydrogen-bond acceptors (Lipinski definition) is 9. The summed E-state index contributed by atoms with van der Waals surface area (Å²) in [6.45, 7) is 3.92. The monoisotopic (exact) mass is 850 g/mol. The molecule has 1 aliphatic heterocycles. The van der Waals surface area contributed by atoms with Gasteiger partial charge in [-0.3, -0.25) is 14.3 Å². The van der Waals surface area contributed by atoms with Gasteiger partial charge in [0, 0.05) is 78.6 Å². The van der Waals surface area contributed by atoms with Crippen molar-refractivity contribution in [1.29, 1.82) is 0 Å². The highest BCUT2D eigenvalue weighted by Gasteiger charge is 2.35. The second kappa shape index (κ2) is 17.3. The fraction of sp³-hybridized carbons (Fsp3) is 0.326. The van der Waals surface area contributed by atoms with Crippen LogP contribution in [-0.4, -0.2) is 66.0 Å². The van der Waals surface area contributed by atoms with Crippen molar-refractivity contribution in [3.8, 4) is 22.6 Å². The molecular formula is C46H48ClFN6O5S. The average molecular weight is 851 g/mol. The van der Waals surface area contributed by atoms with E-state index in [9.17, 15) is 19.4 Å².